The lowest BCUT2D eigenvalue weighted by atomic mass is 10.2. The molecule has 0 bridgehead atoms. The molecule has 0 atom stereocenters. The first-order valence-electron chi connectivity index (χ1n) is 5.59. The van der Waals surface area contributed by atoms with Crippen LogP contribution in [0.25, 0.3) is 0 Å². The Kier molecular flexibility index (Phi) is 4.74. The van der Waals surface area contributed by atoms with Gasteiger partial charge in [0, 0.05) is 18.9 Å². The minimum Gasteiger partial charge on any atom is -0.316 e. The normalized spacial score (nSPS) is 10.6. The van der Waals surface area contributed by atoms with E-state index in [9.17, 15) is 0 Å². The largest absolute Gasteiger partial charge is 0.316 e. The Morgan fingerprint density at radius 2 is 2.17 bits per heavy atom. The van der Waals surface area contributed by atoms with Gasteiger partial charge in [0.1, 0.15) is 10.1 Å². The Morgan fingerprint density at radius 1 is 1.33 bits per heavy atom. The Morgan fingerprint density at radius 3 is 2.83 bits per heavy atom. The van der Waals surface area contributed by atoms with Gasteiger partial charge in [-0.25, -0.2) is 9.97 Å². The first-order chi connectivity index (χ1) is 8.70. The molecular weight excluding hydrogens is 310 g/mol. The maximum atomic E-state index is 4.50. The van der Waals surface area contributed by atoms with Crippen LogP contribution in [0.5, 0.6) is 0 Å². The standard InChI is InChI=1S/C13H14BrN3S/c1-9-6-10(7-15-2)8-17-12(9)18-13-11(14)4-3-5-16-13/h3-6,8,15H,7H2,1-2H3. The summed E-state index contributed by atoms with van der Waals surface area (Å²) < 4.78 is 0.996. The molecular formula is C13H14BrN3S. The molecule has 2 rings (SSSR count). The van der Waals surface area contributed by atoms with Gasteiger partial charge in [-0.1, -0.05) is 6.07 Å². The average Bonchev–Trinajstić information content (AvgIpc) is 2.35. The van der Waals surface area contributed by atoms with Crippen molar-refractivity contribution in [2.45, 2.75) is 23.5 Å². The molecule has 0 saturated heterocycles. The summed E-state index contributed by atoms with van der Waals surface area (Å²) in [7, 11) is 1.93. The summed E-state index contributed by atoms with van der Waals surface area (Å²) in [4.78, 5) is 8.83. The van der Waals surface area contributed by atoms with Crippen molar-refractivity contribution in [3.63, 3.8) is 0 Å². The molecule has 2 heterocycles. The van der Waals surface area contributed by atoms with E-state index >= 15 is 0 Å². The van der Waals surface area contributed by atoms with Crippen molar-refractivity contribution in [2.75, 3.05) is 7.05 Å². The molecule has 0 aliphatic heterocycles. The first-order valence-corrected chi connectivity index (χ1v) is 7.20. The van der Waals surface area contributed by atoms with Crippen LogP contribution in [0.4, 0.5) is 0 Å². The molecule has 0 aliphatic rings. The van der Waals surface area contributed by atoms with Gasteiger partial charge in [0.05, 0.1) is 4.47 Å². The Balaban J connectivity index is 2.22. The second kappa shape index (κ2) is 6.31. The van der Waals surface area contributed by atoms with Crippen LogP contribution >= 0.6 is 27.7 Å². The smallest absolute Gasteiger partial charge is 0.116 e. The molecule has 3 nitrogen and oxygen atoms in total. The number of hydrogen-bond donors (Lipinski definition) is 1. The van der Waals surface area contributed by atoms with Crippen molar-refractivity contribution in [3.05, 3.63) is 46.2 Å². The van der Waals surface area contributed by atoms with E-state index in [2.05, 4.69) is 44.2 Å². The number of halogens is 1. The third-order valence-corrected chi connectivity index (χ3v) is 4.43. The minimum absolute atomic E-state index is 0.839. The molecule has 0 amide bonds. The third kappa shape index (κ3) is 3.31. The van der Waals surface area contributed by atoms with Crippen LogP contribution in [-0.2, 0) is 6.54 Å². The fourth-order valence-corrected chi connectivity index (χ4v) is 2.85. The SMILES string of the molecule is CNCc1cnc(Sc2ncccc2Br)c(C)c1. The maximum Gasteiger partial charge on any atom is 0.116 e. The lowest BCUT2D eigenvalue weighted by Gasteiger charge is -2.07. The van der Waals surface area contributed by atoms with E-state index in [1.165, 1.54) is 11.1 Å². The zero-order chi connectivity index (χ0) is 13.0. The average molecular weight is 324 g/mol. The van der Waals surface area contributed by atoms with Gasteiger partial charge in [0.2, 0.25) is 0 Å². The molecule has 18 heavy (non-hydrogen) atoms. The van der Waals surface area contributed by atoms with Crippen LogP contribution in [0.15, 0.2) is 45.1 Å². The Labute approximate surface area is 120 Å². The first kappa shape index (κ1) is 13.5. The van der Waals surface area contributed by atoms with Crippen LogP contribution in [-0.4, -0.2) is 17.0 Å². The minimum atomic E-state index is 0.839. The maximum absolute atomic E-state index is 4.50. The number of nitrogens with zero attached hydrogens (tertiary/aromatic N) is 2. The number of aromatic nitrogens is 2. The molecule has 2 aromatic heterocycles. The van der Waals surface area contributed by atoms with Gasteiger partial charge in [0.15, 0.2) is 0 Å². The van der Waals surface area contributed by atoms with E-state index in [1.807, 2.05) is 25.4 Å². The molecule has 5 heteroatoms. The van der Waals surface area contributed by atoms with E-state index < -0.39 is 0 Å². The molecule has 1 N–H and O–H groups in total. The number of nitrogens with one attached hydrogen (secondary N) is 1. The summed E-state index contributed by atoms with van der Waals surface area (Å²) in [6.07, 6.45) is 3.69. The fraction of sp³-hybridized carbons (Fsp3) is 0.231. The van der Waals surface area contributed by atoms with Crippen molar-refractivity contribution < 1.29 is 0 Å². The number of rotatable bonds is 4. The molecule has 0 aromatic carbocycles. The Hall–Kier alpha value is -0.910. The molecule has 0 unspecified atom stereocenters. The van der Waals surface area contributed by atoms with E-state index in [-0.39, 0.29) is 0 Å². The van der Waals surface area contributed by atoms with Gasteiger partial charge in [0.25, 0.3) is 0 Å². The van der Waals surface area contributed by atoms with Crippen molar-refractivity contribution in [1.82, 2.24) is 15.3 Å². The molecule has 2 aromatic rings. The predicted octanol–water partition coefficient (Wildman–Crippen LogP) is 3.42. The van der Waals surface area contributed by atoms with Gasteiger partial charge in [-0.15, -0.1) is 0 Å². The zero-order valence-corrected chi connectivity index (χ0v) is 12.7. The molecule has 0 aliphatic carbocycles. The number of pyridine rings is 2. The summed E-state index contributed by atoms with van der Waals surface area (Å²) in [6, 6.07) is 6.05. The van der Waals surface area contributed by atoms with Crippen molar-refractivity contribution in [3.8, 4) is 0 Å². The van der Waals surface area contributed by atoms with Crippen molar-refractivity contribution >= 4 is 27.7 Å². The highest BCUT2D eigenvalue weighted by molar-refractivity contribution is 9.10. The highest BCUT2D eigenvalue weighted by atomic mass is 79.9. The molecule has 0 fully saturated rings. The van der Waals surface area contributed by atoms with Crippen LogP contribution in [0, 0.1) is 6.92 Å². The van der Waals surface area contributed by atoms with E-state index in [0.29, 0.717) is 0 Å². The van der Waals surface area contributed by atoms with E-state index in [4.69, 9.17) is 0 Å². The second-order valence-corrected chi connectivity index (χ2v) is 5.72. The lowest BCUT2D eigenvalue weighted by Crippen LogP contribution is -2.05. The van der Waals surface area contributed by atoms with E-state index in [1.54, 1.807) is 18.0 Å². The van der Waals surface area contributed by atoms with Crippen LogP contribution in [0.1, 0.15) is 11.1 Å². The number of hydrogen-bond acceptors (Lipinski definition) is 4. The monoisotopic (exact) mass is 323 g/mol. The third-order valence-electron chi connectivity index (χ3n) is 2.39. The van der Waals surface area contributed by atoms with Crippen LogP contribution in [0.2, 0.25) is 0 Å². The molecule has 0 radical (unpaired) electrons. The number of aryl methyl sites for hydroxylation is 1. The second-order valence-electron chi connectivity index (χ2n) is 3.89. The summed E-state index contributed by atoms with van der Waals surface area (Å²) in [5.74, 6) is 0. The van der Waals surface area contributed by atoms with Gasteiger partial charge >= 0.3 is 0 Å². The highest BCUT2D eigenvalue weighted by Gasteiger charge is 2.07. The highest BCUT2D eigenvalue weighted by Crippen LogP contribution is 2.32. The topological polar surface area (TPSA) is 37.8 Å². The lowest BCUT2D eigenvalue weighted by molar-refractivity contribution is 0.806. The van der Waals surface area contributed by atoms with Crippen molar-refractivity contribution in [2.24, 2.45) is 0 Å². The quantitative estimate of drug-likeness (QED) is 0.935. The molecule has 0 saturated carbocycles. The van der Waals surface area contributed by atoms with Gasteiger partial charge < -0.3 is 5.32 Å². The van der Waals surface area contributed by atoms with Gasteiger partial charge in [-0.2, -0.15) is 0 Å². The zero-order valence-electron chi connectivity index (χ0n) is 10.3. The Bertz CT molecular complexity index is 546. The van der Waals surface area contributed by atoms with Crippen molar-refractivity contribution in [1.29, 1.82) is 0 Å². The summed E-state index contributed by atoms with van der Waals surface area (Å²) in [6.45, 7) is 2.91. The van der Waals surface area contributed by atoms with Gasteiger partial charge in [-0.3, -0.25) is 0 Å². The van der Waals surface area contributed by atoms with Gasteiger partial charge in [-0.05, 0) is 64.9 Å². The van der Waals surface area contributed by atoms with Crippen LogP contribution < -0.4 is 5.32 Å². The predicted molar refractivity (Wildman–Crippen MR) is 77.8 cm³/mol. The molecule has 0 spiro atoms. The van der Waals surface area contributed by atoms with Crippen LogP contribution in [0.3, 0.4) is 0 Å². The molecule has 94 valence electrons. The summed E-state index contributed by atoms with van der Waals surface area (Å²) >= 11 is 5.07. The van der Waals surface area contributed by atoms with E-state index in [0.717, 1.165) is 21.1 Å². The fourth-order valence-electron chi connectivity index (χ4n) is 1.57. The summed E-state index contributed by atoms with van der Waals surface area (Å²) in [5, 5.41) is 5.06. The summed E-state index contributed by atoms with van der Waals surface area (Å²) in [5.41, 5.74) is 2.37.